The number of thiazole rings is 1. The Bertz CT molecular complexity index is 833. The van der Waals surface area contributed by atoms with Gasteiger partial charge in [-0.2, -0.15) is 0 Å². The molecule has 1 aromatic carbocycles. The maximum atomic E-state index is 13.8. The van der Waals surface area contributed by atoms with Gasteiger partial charge in [-0.3, -0.25) is 4.79 Å². The number of nitrogens with zero attached hydrogens (tertiary/aromatic N) is 2. The predicted molar refractivity (Wildman–Crippen MR) is 108 cm³/mol. The second-order valence-electron chi connectivity index (χ2n) is 7.56. The van der Waals surface area contributed by atoms with Gasteiger partial charge in [-0.25, -0.2) is 9.37 Å². The van der Waals surface area contributed by atoms with Gasteiger partial charge in [0.1, 0.15) is 6.17 Å². The van der Waals surface area contributed by atoms with Gasteiger partial charge in [0.2, 0.25) is 0 Å². The van der Waals surface area contributed by atoms with E-state index in [1.807, 2.05) is 6.92 Å². The van der Waals surface area contributed by atoms with Gasteiger partial charge < -0.3 is 14.7 Å². The highest BCUT2D eigenvalue weighted by Crippen LogP contribution is 2.44. The highest BCUT2D eigenvalue weighted by atomic mass is 32.1. The number of carbonyl (C=O) groups is 1. The smallest absolute Gasteiger partial charge is 0.307 e. The predicted octanol–water partition coefficient (Wildman–Crippen LogP) is 4.26. The van der Waals surface area contributed by atoms with E-state index in [0.717, 1.165) is 53.1 Å². The van der Waals surface area contributed by atoms with E-state index in [1.54, 1.807) is 11.3 Å². The Morgan fingerprint density at radius 2 is 1.96 bits per heavy atom. The van der Waals surface area contributed by atoms with Crippen molar-refractivity contribution in [2.24, 2.45) is 5.92 Å². The molecule has 1 aliphatic heterocycles. The molecule has 0 amide bonds. The molecule has 0 bridgehead atoms. The Hall–Kier alpha value is -1.99. The largest absolute Gasteiger partial charge is 0.481 e. The van der Waals surface area contributed by atoms with Crippen LogP contribution in [0.5, 0.6) is 0 Å². The summed E-state index contributed by atoms with van der Waals surface area (Å²) in [5.41, 5.74) is 3.03. The molecule has 1 aromatic heterocycles. The van der Waals surface area contributed by atoms with Crippen molar-refractivity contribution >= 4 is 23.0 Å². The molecule has 2 aromatic rings. The maximum Gasteiger partial charge on any atom is 0.307 e. The Balaban J connectivity index is 1.63. The number of hydrogen-bond donors (Lipinski definition) is 1. The second kappa shape index (κ2) is 8.17. The molecule has 0 unspecified atom stereocenters. The zero-order valence-electron chi connectivity index (χ0n) is 15.9. The third-order valence-corrected chi connectivity index (χ3v) is 6.76. The SMILES string of the molecule is Cc1nc([C@@H]2CC[C@H](F)C[C@H]2C(=O)O)c(-c2ccc(N3CCOCC3)cc2)s1. The quantitative estimate of drug-likeness (QED) is 0.825. The van der Waals surface area contributed by atoms with Crippen molar-refractivity contribution < 1.29 is 19.0 Å². The molecule has 1 saturated carbocycles. The van der Waals surface area contributed by atoms with E-state index in [2.05, 4.69) is 34.1 Å². The van der Waals surface area contributed by atoms with Crippen molar-refractivity contribution in [3.05, 3.63) is 35.0 Å². The Kier molecular flexibility index (Phi) is 5.64. The summed E-state index contributed by atoms with van der Waals surface area (Å²) >= 11 is 1.59. The Labute approximate surface area is 168 Å². The summed E-state index contributed by atoms with van der Waals surface area (Å²) < 4.78 is 19.3. The van der Waals surface area contributed by atoms with Crippen molar-refractivity contribution in [2.45, 2.75) is 38.3 Å². The van der Waals surface area contributed by atoms with Crippen molar-refractivity contribution in [1.82, 2.24) is 4.98 Å². The fraction of sp³-hybridized carbons (Fsp3) is 0.524. The van der Waals surface area contributed by atoms with Crippen molar-refractivity contribution in [1.29, 1.82) is 0 Å². The van der Waals surface area contributed by atoms with E-state index in [0.29, 0.717) is 12.8 Å². The first-order valence-electron chi connectivity index (χ1n) is 9.80. The molecule has 0 radical (unpaired) electrons. The van der Waals surface area contributed by atoms with Crippen LogP contribution < -0.4 is 4.90 Å². The molecule has 7 heteroatoms. The lowest BCUT2D eigenvalue weighted by Crippen LogP contribution is -2.36. The molecule has 1 aliphatic carbocycles. The van der Waals surface area contributed by atoms with E-state index in [4.69, 9.17) is 4.74 Å². The van der Waals surface area contributed by atoms with Crippen LogP contribution in [0.1, 0.15) is 35.9 Å². The number of benzene rings is 1. The zero-order valence-corrected chi connectivity index (χ0v) is 16.8. The molecule has 2 fully saturated rings. The highest BCUT2D eigenvalue weighted by molar-refractivity contribution is 7.15. The number of halogens is 1. The van der Waals surface area contributed by atoms with Gasteiger partial charge in [-0.05, 0) is 43.9 Å². The molecule has 28 heavy (non-hydrogen) atoms. The number of carboxylic acid groups (broad SMARTS) is 1. The van der Waals surface area contributed by atoms with Crippen LogP contribution in [0, 0.1) is 12.8 Å². The number of morpholine rings is 1. The summed E-state index contributed by atoms with van der Waals surface area (Å²) in [5, 5.41) is 10.5. The topological polar surface area (TPSA) is 62.7 Å². The molecule has 1 N–H and O–H groups in total. The lowest BCUT2D eigenvalue weighted by molar-refractivity contribution is -0.144. The highest BCUT2D eigenvalue weighted by Gasteiger charge is 2.38. The molecule has 3 atom stereocenters. The number of aromatic nitrogens is 1. The van der Waals surface area contributed by atoms with Crippen LogP contribution in [0.3, 0.4) is 0 Å². The van der Waals surface area contributed by atoms with Gasteiger partial charge in [0.25, 0.3) is 0 Å². The summed E-state index contributed by atoms with van der Waals surface area (Å²) in [6, 6.07) is 8.37. The molecule has 2 heterocycles. The van der Waals surface area contributed by atoms with Gasteiger partial charge in [0.15, 0.2) is 0 Å². The van der Waals surface area contributed by atoms with Gasteiger partial charge in [0.05, 0.1) is 34.7 Å². The number of aliphatic carboxylic acids is 1. The lowest BCUT2D eigenvalue weighted by Gasteiger charge is -2.30. The van der Waals surface area contributed by atoms with E-state index in [1.165, 1.54) is 0 Å². The van der Waals surface area contributed by atoms with Crippen LogP contribution in [-0.4, -0.2) is 48.5 Å². The minimum Gasteiger partial charge on any atom is -0.481 e. The minimum atomic E-state index is -1.03. The number of anilines is 1. The molecule has 0 spiro atoms. The van der Waals surface area contributed by atoms with Crippen LogP contribution in [0.4, 0.5) is 10.1 Å². The number of alkyl halides is 1. The summed E-state index contributed by atoms with van der Waals surface area (Å²) in [6.45, 7) is 5.20. The average Bonchev–Trinajstić information content (AvgIpc) is 3.10. The standard InChI is InChI=1S/C21H25FN2O3S/c1-13-23-19(17-7-4-15(22)12-18(17)21(25)26)20(28-13)14-2-5-16(6-3-14)24-8-10-27-11-9-24/h2-3,5-6,15,17-18H,4,7-12H2,1H3,(H,25,26)/t15-,17+,18+/m0/s1. The van der Waals surface area contributed by atoms with E-state index < -0.39 is 18.1 Å². The van der Waals surface area contributed by atoms with Crippen LogP contribution in [0.2, 0.25) is 0 Å². The maximum absolute atomic E-state index is 13.8. The van der Waals surface area contributed by atoms with Gasteiger partial charge in [0, 0.05) is 24.7 Å². The first-order chi connectivity index (χ1) is 13.5. The zero-order chi connectivity index (χ0) is 19.7. The normalized spacial score (nSPS) is 25.6. The molecular formula is C21H25FN2O3S. The van der Waals surface area contributed by atoms with Gasteiger partial charge >= 0.3 is 5.97 Å². The van der Waals surface area contributed by atoms with Crippen LogP contribution in [0.25, 0.3) is 10.4 Å². The third kappa shape index (κ3) is 3.91. The van der Waals surface area contributed by atoms with Crippen LogP contribution in [-0.2, 0) is 9.53 Å². The Morgan fingerprint density at radius 3 is 2.64 bits per heavy atom. The first-order valence-corrected chi connectivity index (χ1v) is 10.6. The Morgan fingerprint density at radius 1 is 1.25 bits per heavy atom. The van der Waals surface area contributed by atoms with E-state index in [-0.39, 0.29) is 12.3 Å². The van der Waals surface area contributed by atoms with Crippen LogP contribution in [0.15, 0.2) is 24.3 Å². The molecule has 1 saturated heterocycles. The molecule has 150 valence electrons. The van der Waals surface area contributed by atoms with Crippen molar-refractivity contribution in [3.63, 3.8) is 0 Å². The number of rotatable bonds is 4. The third-order valence-electron chi connectivity index (χ3n) is 5.72. The molecular weight excluding hydrogens is 379 g/mol. The molecule has 4 rings (SSSR count). The number of aryl methyl sites for hydroxylation is 1. The average molecular weight is 405 g/mol. The van der Waals surface area contributed by atoms with Gasteiger partial charge in [-0.1, -0.05) is 12.1 Å². The summed E-state index contributed by atoms with van der Waals surface area (Å²) in [7, 11) is 0. The van der Waals surface area contributed by atoms with E-state index >= 15 is 0 Å². The molecule has 2 aliphatic rings. The summed E-state index contributed by atoms with van der Waals surface area (Å²) in [4.78, 5) is 19.8. The number of ether oxygens (including phenoxy) is 1. The lowest BCUT2D eigenvalue weighted by atomic mass is 9.76. The van der Waals surface area contributed by atoms with E-state index in [9.17, 15) is 14.3 Å². The van der Waals surface area contributed by atoms with Crippen molar-refractivity contribution in [3.8, 4) is 10.4 Å². The molecule has 5 nitrogen and oxygen atoms in total. The number of carboxylic acids is 1. The first kappa shape index (κ1) is 19.3. The summed E-state index contributed by atoms with van der Waals surface area (Å²) in [6.07, 6.45) is -0.0274. The van der Waals surface area contributed by atoms with Crippen LogP contribution >= 0.6 is 11.3 Å². The minimum absolute atomic E-state index is 0.0754. The monoisotopic (exact) mass is 404 g/mol. The summed E-state index contributed by atoms with van der Waals surface area (Å²) in [5.74, 6) is -1.87. The fourth-order valence-corrected chi connectivity index (χ4v) is 5.26. The fourth-order valence-electron chi connectivity index (χ4n) is 4.27. The van der Waals surface area contributed by atoms with Crippen molar-refractivity contribution in [2.75, 3.05) is 31.2 Å². The van der Waals surface area contributed by atoms with Gasteiger partial charge in [-0.15, -0.1) is 11.3 Å². The second-order valence-corrected chi connectivity index (χ2v) is 8.76. The number of hydrogen-bond acceptors (Lipinski definition) is 5.